The van der Waals surface area contributed by atoms with Crippen LogP contribution in [0.1, 0.15) is 11.5 Å². The molecule has 3 nitrogen and oxygen atoms in total. The van der Waals surface area contributed by atoms with E-state index in [1.54, 1.807) is 7.11 Å². The summed E-state index contributed by atoms with van der Waals surface area (Å²) in [5.41, 5.74) is 2.61. The van der Waals surface area contributed by atoms with Gasteiger partial charge in [-0.2, -0.15) is 0 Å². The second-order valence-electron chi connectivity index (χ2n) is 4.33. The van der Waals surface area contributed by atoms with Crippen molar-refractivity contribution in [3.63, 3.8) is 0 Å². The number of methoxy groups -OCH3 is 1. The Hall–Kier alpha value is -1.22. The number of anilines is 1. The number of benzene rings is 1. The Kier molecular flexibility index (Phi) is 2.06. The predicted octanol–water partition coefficient (Wildman–Crippen LogP) is 1.42. The highest BCUT2D eigenvalue weighted by molar-refractivity contribution is 5.65. The van der Waals surface area contributed by atoms with E-state index < -0.39 is 0 Å². The lowest BCUT2D eigenvalue weighted by atomic mass is 9.84. The Labute approximate surface area is 89.8 Å². The molecular weight excluding hydrogens is 188 g/mol. The summed E-state index contributed by atoms with van der Waals surface area (Å²) in [6.45, 7) is 3.30. The molecule has 0 radical (unpaired) electrons. The van der Waals surface area contributed by atoms with E-state index in [1.807, 2.05) is 6.07 Å². The van der Waals surface area contributed by atoms with E-state index in [0.29, 0.717) is 5.92 Å². The molecule has 1 aromatic rings. The zero-order valence-corrected chi connectivity index (χ0v) is 8.92. The van der Waals surface area contributed by atoms with Crippen molar-refractivity contribution in [2.75, 3.05) is 32.1 Å². The molecule has 0 bridgehead atoms. The third kappa shape index (κ3) is 1.30. The zero-order chi connectivity index (χ0) is 10.3. The maximum atomic E-state index is 5.38. The van der Waals surface area contributed by atoms with Crippen LogP contribution in [0.2, 0.25) is 0 Å². The number of fused-ring (bicyclic) bond motifs is 3. The van der Waals surface area contributed by atoms with E-state index >= 15 is 0 Å². The minimum atomic E-state index is 0.663. The molecule has 80 valence electrons. The van der Waals surface area contributed by atoms with Gasteiger partial charge in [0.25, 0.3) is 0 Å². The molecule has 2 atom stereocenters. The summed E-state index contributed by atoms with van der Waals surface area (Å²) in [4.78, 5) is 0. The van der Waals surface area contributed by atoms with Crippen molar-refractivity contribution in [1.82, 2.24) is 5.32 Å². The van der Waals surface area contributed by atoms with Gasteiger partial charge in [0.2, 0.25) is 0 Å². The van der Waals surface area contributed by atoms with Crippen molar-refractivity contribution in [3.8, 4) is 5.75 Å². The SMILES string of the molecule is COc1cccc2c1NCC1CNCC21. The highest BCUT2D eigenvalue weighted by Crippen LogP contribution is 2.41. The summed E-state index contributed by atoms with van der Waals surface area (Å²) in [5, 5.41) is 6.95. The largest absolute Gasteiger partial charge is 0.495 e. The molecule has 2 aliphatic heterocycles. The van der Waals surface area contributed by atoms with E-state index in [0.717, 1.165) is 31.3 Å². The molecule has 3 rings (SSSR count). The maximum Gasteiger partial charge on any atom is 0.142 e. The summed E-state index contributed by atoms with van der Waals surface area (Å²) >= 11 is 0. The van der Waals surface area contributed by atoms with Gasteiger partial charge in [0.1, 0.15) is 5.75 Å². The first-order valence-electron chi connectivity index (χ1n) is 5.51. The van der Waals surface area contributed by atoms with Gasteiger partial charge >= 0.3 is 0 Å². The molecule has 0 aromatic heterocycles. The van der Waals surface area contributed by atoms with Gasteiger partial charge in [0.15, 0.2) is 0 Å². The maximum absolute atomic E-state index is 5.38. The Morgan fingerprint density at radius 1 is 1.27 bits per heavy atom. The molecule has 1 fully saturated rings. The fourth-order valence-corrected chi connectivity index (χ4v) is 2.76. The number of nitrogens with one attached hydrogen (secondary N) is 2. The van der Waals surface area contributed by atoms with Gasteiger partial charge in [0.05, 0.1) is 12.8 Å². The quantitative estimate of drug-likeness (QED) is 0.726. The molecule has 15 heavy (non-hydrogen) atoms. The number of rotatable bonds is 1. The van der Waals surface area contributed by atoms with Crippen molar-refractivity contribution in [1.29, 1.82) is 0 Å². The average molecular weight is 204 g/mol. The number of para-hydroxylation sites is 1. The minimum Gasteiger partial charge on any atom is -0.495 e. The van der Waals surface area contributed by atoms with E-state index in [4.69, 9.17) is 4.74 Å². The van der Waals surface area contributed by atoms with E-state index in [-0.39, 0.29) is 0 Å². The fraction of sp³-hybridized carbons (Fsp3) is 0.500. The second-order valence-corrected chi connectivity index (χ2v) is 4.33. The van der Waals surface area contributed by atoms with Crippen LogP contribution in [-0.2, 0) is 0 Å². The first-order chi connectivity index (χ1) is 7.40. The highest BCUT2D eigenvalue weighted by Gasteiger charge is 2.34. The van der Waals surface area contributed by atoms with Crippen LogP contribution >= 0.6 is 0 Å². The molecule has 1 saturated heterocycles. The standard InChI is InChI=1S/C12H16N2O/c1-15-11-4-2-3-9-10-7-13-5-8(10)6-14-12(9)11/h2-4,8,10,13-14H,5-7H2,1H3. The third-order valence-corrected chi connectivity index (χ3v) is 3.56. The summed E-state index contributed by atoms with van der Waals surface area (Å²) in [7, 11) is 1.73. The lowest BCUT2D eigenvalue weighted by molar-refractivity contribution is 0.412. The predicted molar refractivity (Wildman–Crippen MR) is 60.6 cm³/mol. The molecule has 0 amide bonds. The van der Waals surface area contributed by atoms with E-state index in [2.05, 4.69) is 22.8 Å². The first-order valence-corrected chi connectivity index (χ1v) is 5.51. The molecule has 0 saturated carbocycles. The van der Waals surface area contributed by atoms with E-state index in [1.165, 1.54) is 11.3 Å². The molecule has 2 heterocycles. The Balaban J connectivity index is 2.07. The molecule has 2 N–H and O–H groups in total. The summed E-state index contributed by atoms with van der Waals surface area (Å²) in [6.07, 6.45) is 0. The lowest BCUT2D eigenvalue weighted by Crippen LogP contribution is -2.27. The molecule has 2 unspecified atom stereocenters. The highest BCUT2D eigenvalue weighted by atomic mass is 16.5. The number of ether oxygens (including phenoxy) is 1. The molecule has 0 aliphatic carbocycles. The number of hydrogen-bond acceptors (Lipinski definition) is 3. The average Bonchev–Trinajstić information content (AvgIpc) is 2.76. The molecule has 1 aromatic carbocycles. The molecule has 3 heteroatoms. The second kappa shape index (κ2) is 3.42. The van der Waals surface area contributed by atoms with Crippen molar-refractivity contribution < 1.29 is 4.74 Å². The van der Waals surface area contributed by atoms with Crippen LogP contribution in [0.25, 0.3) is 0 Å². The summed E-state index contributed by atoms with van der Waals surface area (Å²) in [6, 6.07) is 6.32. The van der Waals surface area contributed by atoms with Crippen molar-refractivity contribution in [2.24, 2.45) is 5.92 Å². The van der Waals surface area contributed by atoms with Gasteiger partial charge in [-0.05, 0) is 17.5 Å². The summed E-state index contributed by atoms with van der Waals surface area (Å²) in [5.74, 6) is 2.37. The normalized spacial score (nSPS) is 27.8. The van der Waals surface area contributed by atoms with Crippen LogP contribution < -0.4 is 15.4 Å². The number of hydrogen-bond donors (Lipinski definition) is 2. The van der Waals surface area contributed by atoms with Crippen molar-refractivity contribution in [3.05, 3.63) is 23.8 Å². The van der Waals surface area contributed by atoms with Crippen molar-refractivity contribution >= 4 is 5.69 Å². The third-order valence-electron chi connectivity index (χ3n) is 3.56. The van der Waals surface area contributed by atoms with Crippen LogP contribution in [0.4, 0.5) is 5.69 Å². The van der Waals surface area contributed by atoms with Gasteiger partial charge in [-0.3, -0.25) is 0 Å². The smallest absolute Gasteiger partial charge is 0.142 e. The fourth-order valence-electron chi connectivity index (χ4n) is 2.76. The first kappa shape index (κ1) is 9.04. The van der Waals surface area contributed by atoms with Crippen LogP contribution in [0.5, 0.6) is 5.75 Å². The topological polar surface area (TPSA) is 33.3 Å². The van der Waals surface area contributed by atoms with Crippen LogP contribution in [0.15, 0.2) is 18.2 Å². The molecular formula is C12H16N2O. The Bertz CT molecular complexity index is 378. The molecule has 2 aliphatic rings. The molecule has 0 spiro atoms. The van der Waals surface area contributed by atoms with Gasteiger partial charge in [-0.25, -0.2) is 0 Å². The van der Waals surface area contributed by atoms with Gasteiger partial charge in [-0.1, -0.05) is 12.1 Å². The van der Waals surface area contributed by atoms with E-state index in [9.17, 15) is 0 Å². The van der Waals surface area contributed by atoms with Crippen LogP contribution in [-0.4, -0.2) is 26.7 Å². The Morgan fingerprint density at radius 3 is 3.07 bits per heavy atom. The van der Waals surface area contributed by atoms with Crippen molar-refractivity contribution in [2.45, 2.75) is 5.92 Å². The van der Waals surface area contributed by atoms with Gasteiger partial charge < -0.3 is 15.4 Å². The van der Waals surface area contributed by atoms with Crippen LogP contribution in [0.3, 0.4) is 0 Å². The zero-order valence-electron chi connectivity index (χ0n) is 8.92. The van der Waals surface area contributed by atoms with Crippen LogP contribution in [0, 0.1) is 5.92 Å². The monoisotopic (exact) mass is 204 g/mol. The van der Waals surface area contributed by atoms with Gasteiger partial charge in [-0.15, -0.1) is 0 Å². The minimum absolute atomic E-state index is 0.663. The van der Waals surface area contributed by atoms with Gasteiger partial charge in [0, 0.05) is 25.6 Å². The Morgan fingerprint density at radius 2 is 2.20 bits per heavy atom. The summed E-state index contributed by atoms with van der Waals surface area (Å²) < 4.78 is 5.38. The lowest BCUT2D eigenvalue weighted by Gasteiger charge is -2.29.